The van der Waals surface area contributed by atoms with Crippen LogP contribution in [-0.2, 0) is 17.8 Å². The normalized spacial score (nSPS) is 19.0. The summed E-state index contributed by atoms with van der Waals surface area (Å²) >= 11 is 0. The lowest BCUT2D eigenvalue weighted by molar-refractivity contribution is -0.0351. The molecule has 1 saturated heterocycles. The lowest BCUT2D eigenvalue weighted by Gasteiger charge is -2.31. The molecule has 1 aliphatic rings. The van der Waals surface area contributed by atoms with Crippen molar-refractivity contribution in [3.8, 4) is 11.7 Å². The second-order valence-corrected chi connectivity index (χ2v) is 5.70. The van der Waals surface area contributed by atoms with Crippen molar-refractivity contribution in [2.24, 2.45) is 0 Å². The fourth-order valence-corrected chi connectivity index (χ4v) is 2.78. The first-order chi connectivity index (χ1) is 11.8. The van der Waals surface area contributed by atoms with Crippen LogP contribution in [0.1, 0.15) is 24.5 Å². The summed E-state index contributed by atoms with van der Waals surface area (Å²) in [5.74, 6) is 1.57. The molecule has 3 aromatic rings. The van der Waals surface area contributed by atoms with E-state index in [-0.39, 0.29) is 6.10 Å². The Balaban J connectivity index is 1.41. The van der Waals surface area contributed by atoms with E-state index in [4.69, 9.17) is 13.6 Å². The highest BCUT2D eigenvalue weighted by molar-refractivity contribution is 5.42. The van der Waals surface area contributed by atoms with Crippen LogP contribution in [0.4, 0.5) is 0 Å². The molecule has 0 radical (unpaired) electrons. The zero-order chi connectivity index (χ0) is 16.4. The summed E-state index contributed by atoms with van der Waals surface area (Å²) in [5, 5.41) is 12.5. The molecule has 8 nitrogen and oxygen atoms in total. The fraction of sp³-hybridized carbons (Fsp3) is 0.438. The van der Waals surface area contributed by atoms with Crippen LogP contribution >= 0.6 is 0 Å². The van der Waals surface area contributed by atoms with E-state index in [1.807, 2.05) is 17.1 Å². The average molecular weight is 329 g/mol. The molecule has 8 heteroatoms. The van der Waals surface area contributed by atoms with Gasteiger partial charge in [-0.1, -0.05) is 0 Å². The zero-order valence-electron chi connectivity index (χ0n) is 13.5. The van der Waals surface area contributed by atoms with Gasteiger partial charge in [0.15, 0.2) is 5.76 Å². The summed E-state index contributed by atoms with van der Waals surface area (Å²) < 4.78 is 18.7. The first kappa shape index (κ1) is 15.1. The number of aromatic nitrogens is 4. The second-order valence-electron chi connectivity index (χ2n) is 5.70. The van der Waals surface area contributed by atoms with Crippen molar-refractivity contribution >= 4 is 0 Å². The summed E-state index contributed by atoms with van der Waals surface area (Å²) in [6.07, 6.45) is 5.52. The molecule has 3 aromatic heterocycles. The van der Waals surface area contributed by atoms with Gasteiger partial charge in [0, 0.05) is 31.4 Å². The molecule has 0 saturated carbocycles. The third-order valence-electron chi connectivity index (χ3n) is 4.06. The van der Waals surface area contributed by atoms with Gasteiger partial charge in [-0.2, -0.15) is 5.10 Å². The van der Waals surface area contributed by atoms with Gasteiger partial charge >= 0.3 is 0 Å². The third kappa shape index (κ3) is 3.10. The Morgan fingerprint density at radius 1 is 1.33 bits per heavy atom. The third-order valence-corrected chi connectivity index (χ3v) is 4.06. The second kappa shape index (κ2) is 6.58. The molecule has 0 amide bonds. The zero-order valence-corrected chi connectivity index (χ0v) is 13.5. The summed E-state index contributed by atoms with van der Waals surface area (Å²) in [4.78, 5) is 2.25. The fourth-order valence-electron chi connectivity index (χ4n) is 2.78. The molecular weight excluding hydrogens is 310 g/mol. The standard InChI is InChI=1S/C16H19N5O3/c1-2-21-9-12(8-17-21)14-10-20(5-7-23-14)11-15-18-19-16(24-15)13-4-3-6-22-13/h3-4,6,8-9,14H,2,5,7,10-11H2,1H3/t14-/m0/s1. The predicted octanol–water partition coefficient (Wildman–Crippen LogP) is 2.12. The van der Waals surface area contributed by atoms with Crippen LogP contribution in [0, 0.1) is 0 Å². The Hall–Kier alpha value is -2.45. The molecule has 4 heterocycles. The van der Waals surface area contributed by atoms with E-state index in [1.54, 1.807) is 18.4 Å². The highest BCUT2D eigenvalue weighted by atomic mass is 16.5. The van der Waals surface area contributed by atoms with E-state index in [2.05, 4.69) is 27.1 Å². The van der Waals surface area contributed by atoms with E-state index in [0.717, 1.165) is 25.2 Å². The molecule has 24 heavy (non-hydrogen) atoms. The lowest BCUT2D eigenvalue weighted by atomic mass is 10.1. The Morgan fingerprint density at radius 3 is 3.08 bits per heavy atom. The summed E-state index contributed by atoms with van der Waals surface area (Å²) in [6.45, 7) is 5.78. The highest BCUT2D eigenvalue weighted by Gasteiger charge is 2.24. The SMILES string of the molecule is CCn1cc([C@@H]2CN(Cc3nnc(-c4ccco4)o3)CCO2)cn1. The van der Waals surface area contributed by atoms with Crippen molar-refractivity contribution in [3.05, 3.63) is 42.2 Å². The van der Waals surface area contributed by atoms with Gasteiger partial charge in [-0.15, -0.1) is 10.2 Å². The predicted molar refractivity (Wildman–Crippen MR) is 83.9 cm³/mol. The Labute approximate surface area is 139 Å². The summed E-state index contributed by atoms with van der Waals surface area (Å²) in [5.41, 5.74) is 1.10. The van der Waals surface area contributed by atoms with Crippen molar-refractivity contribution in [3.63, 3.8) is 0 Å². The maximum absolute atomic E-state index is 5.88. The quantitative estimate of drug-likeness (QED) is 0.709. The first-order valence-corrected chi connectivity index (χ1v) is 8.04. The number of hydrogen-bond donors (Lipinski definition) is 0. The molecule has 0 bridgehead atoms. The molecule has 4 rings (SSSR count). The van der Waals surface area contributed by atoms with Crippen molar-refractivity contribution in [2.45, 2.75) is 26.1 Å². The van der Waals surface area contributed by atoms with Crippen LogP contribution in [-0.4, -0.2) is 44.6 Å². The van der Waals surface area contributed by atoms with E-state index in [9.17, 15) is 0 Å². The van der Waals surface area contributed by atoms with Gasteiger partial charge in [0.2, 0.25) is 5.89 Å². The Kier molecular flexibility index (Phi) is 4.14. The average Bonchev–Trinajstić information content (AvgIpc) is 3.36. The van der Waals surface area contributed by atoms with Crippen molar-refractivity contribution in [1.82, 2.24) is 24.9 Å². The minimum atomic E-state index is 0.0199. The smallest absolute Gasteiger partial charge is 0.283 e. The van der Waals surface area contributed by atoms with Crippen molar-refractivity contribution < 1.29 is 13.6 Å². The maximum Gasteiger partial charge on any atom is 0.283 e. The highest BCUT2D eigenvalue weighted by Crippen LogP contribution is 2.24. The minimum absolute atomic E-state index is 0.0199. The van der Waals surface area contributed by atoms with E-state index in [1.165, 1.54) is 0 Å². The van der Waals surface area contributed by atoms with Gasteiger partial charge in [0.25, 0.3) is 5.89 Å². The molecule has 0 spiro atoms. The van der Waals surface area contributed by atoms with Gasteiger partial charge in [-0.3, -0.25) is 9.58 Å². The van der Waals surface area contributed by atoms with Crippen LogP contribution in [0.5, 0.6) is 0 Å². The molecule has 0 aromatic carbocycles. The van der Waals surface area contributed by atoms with Gasteiger partial charge in [-0.25, -0.2) is 0 Å². The molecule has 0 aliphatic carbocycles. The van der Waals surface area contributed by atoms with E-state index < -0.39 is 0 Å². The summed E-state index contributed by atoms with van der Waals surface area (Å²) in [6, 6.07) is 3.59. The van der Waals surface area contributed by atoms with Crippen LogP contribution in [0.25, 0.3) is 11.7 Å². The van der Waals surface area contributed by atoms with E-state index in [0.29, 0.717) is 30.7 Å². The topological polar surface area (TPSA) is 82.4 Å². The number of ether oxygens (including phenoxy) is 1. The minimum Gasteiger partial charge on any atom is -0.459 e. The van der Waals surface area contributed by atoms with Crippen molar-refractivity contribution in [2.75, 3.05) is 19.7 Å². The van der Waals surface area contributed by atoms with Gasteiger partial charge in [0.05, 0.1) is 31.7 Å². The molecule has 1 atom stereocenters. The van der Waals surface area contributed by atoms with Crippen LogP contribution in [0.2, 0.25) is 0 Å². The number of morpholine rings is 1. The molecule has 0 N–H and O–H groups in total. The van der Waals surface area contributed by atoms with Crippen molar-refractivity contribution in [1.29, 1.82) is 0 Å². The summed E-state index contributed by atoms with van der Waals surface area (Å²) in [7, 11) is 0. The van der Waals surface area contributed by atoms with Crippen LogP contribution in [0.3, 0.4) is 0 Å². The number of aryl methyl sites for hydroxylation is 1. The molecule has 126 valence electrons. The van der Waals surface area contributed by atoms with Gasteiger partial charge in [0.1, 0.15) is 0 Å². The monoisotopic (exact) mass is 329 g/mol. The Morgan fingerprint density at radius 2 is 2.29 bits per heavy atom. The number of rotatable bonds is 5. The molecule has 1 fully saturated rings. The Bertz CT molecular complexity index is 779. The first-order valence-electron chi connectivity index (χ1n) is 8.04. The number of furan rings is 1. The lowest BCUT2D eigenvalue weighted by Crippen LogP contribution is -2.37. The number of hydrogen-bond acceptors (Lipinski definition) is 7. The van der Waals surface area contributed by atoms with Gasteiger partial charge < -0.3 is 13.6 Å². The van der Waals surface area contributed by atoms with Crippen LogP contribution in [0.15, 0.2) is 39.6 Å². The molecule has 0 unspecified atom stereocenters. The van der Waals surface area contributed by atoms with E-state index >= 15 is 0 Å². The molecular formula is C16H19N5O3. The van der Waals surface area contributed by atoms with Crippen LogP contribution < -0.4 is 0 Å². The maximum atomic E-state index is 5.88. The molecule has 1 aliphatic heterocycles. The van der Waals surface area contributed by atoms with Gasteiger partial charge in [-0.05, 0) is 19.1 Å². The number of nitrogens with zero attached hydrogens (tertiary/aromatic N) is 5. The largest absolute Gasteiger partial charge is 0.459 e.